The molecule has 41 heavy (non-hydrogen) atoms. The predicted octanol–water partition coefficient (Wildman–Crippen LogP) is 1.30. The Morgan fingerprint density at radius 1 is 1.10 bits per heavy atom. The Balaban J connectivity index is 1.37. The Bertz CT molecular complexity index is 1870. The average Bonchev–Trinajstić information content (AvgIpc) is 3.57. The highest BCUT2D eigenvalue weighted by molar-refractivity contribution is 6.10. The van der Waals surface area contributed by atoms with Crippen molar-refractivity contribution in [1.82, 2.24) is 19.5 Å². The van der Waals surface area contributed by atoms with Gasteiger partial charge in [-0.2, -0.15) is 4.98 Å². The summed E-state index contributed by atoms with van der Waals surface area (Å²) in [5.74, 6) is 0.00976. The summed E-state index contributed by atoms with van der Waals surface area (Å²) < 4.78 is 7.26. The molecule has 0 radical (unpaired) electrons. The van der Waals surface area contributed by atoms with Crippen LogP contribution in [0.2, 0.25) is 0 Å². The van der Waals surface area contributed by atoms with Gasteiger partial charge in [-0.05, 0) is 45.2 Å². The lowest BCUT2D eigenvalue weighted by atomic mass is 9.77. The number of benzene rings is 3. The molecule has 0 amide bonds. The molecule has 0 bridgehead atoms. The number of aromatic nitrogens is 4. The summed E-state index contributed by atoms with van der Waals surface area (Å²) in [6, 6.07) is 12.7. The van der Waals surface area contributed by atoms with E-state index >= 15 is 0 Å². The molecular weight excluding hydrogens is 530 g/mol. The van der Waals surface area contributed by atoms with E-state index in [1.54, 1.807) is 6.07 Å². The molecule has 12 heteroatoms. The van der Waals surface area contributed by atoms with Gasteiger partial charge in [0.05, 0.1) is 25.1 Å². The number of H-pyrrole nitrogens is 1. The fourth-order valence-electron chi connectivity index (χ4n) is 6.35. The van der Waals surface area contributed by atoms with Crippen LogP contribution >= 0.6 is 0 Å². The molecule has 0 spiro atoms. The average molecular weight is 560 g/mol. The number of hydrogen-bond acceptors (Lipinski definition) is 10. The number of nitrogens with zero attached hydrogens (tertiary/aromatic N) is 3. The van der Waals surface area contributed by atoms with Gasteiger partial charge in [-0.1, -0.05) is 42.5 Å². The minimum absolute atomic E-state index is 0.00976. The fourth-order valence-corrected chi connectivity index (χ4v) is 6.35. The number of imidazole rings is 1. The lowest BCUT2D eigenvalue weighted by Crippen LogP contribution is -2.45. The van der Waals surface area contributed by atoms with Crippen LogP contribution in [0.1, 0.15) is 41.5 Å². The zero-order valence-electron chi connectivity index (χ0n) is 22.0. The third-order valence-electron chi connectivity index (χ3n) is 8.36. The Hall–Kier alpha value is -3.91. The number of nitrogens with one attached hydrogen (secondary N) is 2. The van der Waals surface area contributed by atoms with E-state index in [-0.39, 0.29) is 30.1 Å². The van der Waals surface area contributed by atoms with Crippen molar-refractivity contribution in [3.63, 3.8) is 0 Å². The van der Waals surface area contributed by atoms with E-state index in [0.717, 1.165) is 27.1 Å². The smallest absolute Gasteiger partial charge is 0.280 e. The summed E-state index contributed by atoms with van der Waals surface area (Å²) in [7, 11) is 0. The third-order valence-corrected chi connectivity index (χ3v) is 8.36. The van der Waals surface area contributed by atoms with Gasteiger partial charge in [0.25, 0.3) is 5.56 Å². The Kier molecular flexibility index (Phi) is 6.08. The number of fused-ring (bicyclic) bond motifs is 6. The number of anilines is 1. The number of ether oxygens (including phenoxy) is 1. The molecule has 0 saturated carbocycles. The number of aliphatic hydroxyl groups excluding tert-OH is 5. The second-order valence-corrected chi connectivity index (χ2v) is 10.8. The van der Waals surface area contributed by atoms with Gasteiger partial charge in [0.15, 0.2) is 11.2 Å². The molecule has 1 saturated heterocycles. The second kappa shape index (κ2) is 9.58. The van der Waals surface area contributed by atoms with Gasteiger partial charge in [-0.25, -0.2) is 4.98 Å². The summed E-state index contributed by atoms with van der Waals surface area (Å²) >= 11 is 0. The first-order chi connectivity index (χ1) is 19.8. The normalized spacial score (nSPS) is 28.0. The molecule has 7 N–H and O–H groups in total. The molecule has 12 nitrogen and oxygen atoms in total. The molecular formula is C29H29N5O7. The highest BCUT2D eigenvalue weighted by Crippen LogP contribution is 2.44. The first-order valence-corrected chi connectivity index (χ1v) is 13.4. The summed E-state index contributed by atoms with van der Waals surface area (Å²) in [5.41, 5.74) is 1.67. The number of hydrogen-bond donors (Lipinski definition) is 7. The maximum absolute atomic E-state index is 13.0. The predicted molar refractivity (Wildman–Crippen MR) is 149 cm³/mol. The molecule has 1 fully saturated rings. The molecule has 2 aromatic heterocycles. The maximum atomic E-state index is 13.0. The zero-order valence-corrected chi connectivity index (χ0v) is 22.0. The fraction of sp³-hybridized carbons (Fsp3) is 0.345. The molecule has 4 unspecified atom stereocenters. The molecule has 7 atom stereocenters. The molecule has 1 aliphatic heterocycles. The third kappa shape index (κ3) is 3.95. The number of aryl methyl sites for hydroxylation is 1. The van der Waals surface area contributed by atoms with Crippen LogP contribution in [0.5, 0.6) is 0 Å². The maximum Gasteiger partial charge on any atom is 0.280 e. The van der Waals surface area contributed by atoms with E-state index in [2.05, 4.69) is 20.3 Å². The van der Waals surface area contributed by atoms with Crippen LogP contribution in [0.25, 0.3) is 32.7 Å². The van der Waals surface area contributed by atoms with Gasteiger partial charge in [-0.15, -0.1) is 0 Å². The SMILES string of the molecule is Cc1cc2ccccc2c2ccc3c(c12)C(Nc1nc2c(ncn2[C@H]2C[C@H](O)[C@@H](CO)O2)c(=O)[nH]1)C(O)C(O)C3O. The van der Waals surface area contributed by atoms with Crippen LogP contribution in [0.4, 0.5) is 5.95 Å². The second-order valence-electron chi connectivity index (χ2n) is 10.8. The molecule has 3 aromatic carbocycles. The number of rotatable bonds is 4. The van der Waals surface area contributed by atoms with Gasteiger partial charge in [0.2, 0.25) is 5.95 Å². The van der Waals surface area contributed by atoms with Crippen LogP contribution in [-0.4, -0.2) is 76.1 Å². The Labute approximate surface area is 232 Å². The van der Waals surface area contributed by atoms with Crippen LogP contribution in [0.3, 0.4) is 0 Å². The van der Waals surface area contributed by atoms with Crippen molar-refractivity contribution in [1.29, 1.82) is 0 Å². The van der Waals surface area contributed by atoms with Crippen LogP contribution in [-0.2, 0) is 4.74 Å². The van der Waals surface area contributed by atoms with E-state index in [1.165, 1.54) is 10.9 Å². The van der Waals surface area contributed by atoms with Crippen molar-refractivity contribution >= 4 is 38.7 Å². The largest absolute Gasteiger partial charge is 0.394 e. The van der Waals surface area contributed by atoms with Gasteiger partial charge < -0.3 is 35.6 Å². The molecule has 5 aromatic rings. The van der Waals surface area contributed by atoms with Crippen molar-refractivity contribution in [3.05, 3.63) is 75.8 Å². The molecule has 212 valence electrons. The van der Waals surface area contributed by atoms with Crippen LogP contribution in [0.15, 0.2) is 53.6 Å². The van der Waals surface area contributed by atoms with Gasteiger partial charge in [0, 0.05) is 6.42 Å². The molecule has 2 aliphatic rings. The van der Waals surface area contributed by atoms with Gasteiger partial charge in [0.1, 0.15) is 30.6 Å². The highest BCUT2D eigenvalue weighted by atomic mass is 16.5. The first kappa shape index (κ1) is 26.0. The lowest BCUT2D eigenvalue weighted by molar-refractivity contribution is -0.0767. The Morgan fingerprint density at radius 2 is 1.90 bits per heavy atom. The monoisotopic (exact) mass is 559 g/mol. The van der Waals surface area contributed by atoms with E-state index in [0.29, 0.717) is 11.1 Å². The molecule has 7 rings (SSSR count). The topological polar surface area (TPSA) is 186 Å². The lowest BCUT2D eigenvalue weighted by Gasteiger charge is -2.38. The Morgan fingerprint density at radius 3 is 2.68 bits per heavy atom. The standard InChI is InChI=1S/C29H29N5O7/c1-12-8-13-4-2-3-5-14(13)15-6-7-16-21(20(12)15)22(25(38)26(39)24(16)37)31-29-32-27-23(28(40)33-29)30-11-34(27)19-9-17(36)18(10-35)41-19/h2-8,11,17-19,22,24-26,35-39H,9-10H2,1H3,(H2,31,32,33,40)/t17-,18+,19+,22?,24?,25?,26?/m0/s1. The van der Waals surface area contributed by atoms with Crippen LogP contribution in [0, 0.1) is 6.92 Å². The first-order valence-electron chi connectivity index (χ1n) is 13.4. The summed E-state index contributed by atoms with van der Waals surface area (Å²) in [6.45, 7) is 1.59. The summed E-state index contributed by atoms with van der Waals surface area (Å²) in [6.07, 6.45) is -5.07. The van der Waals surface area contributed by atoms with E-state index in [9.17, 15) is 30.3 Å². The van der Waals surface area contributed by atoms with Crippen molar-refractivity contribution in [2.24, 2.45) is 0 Å². The minimum atomic E-state index is -1.50. The van der Waals surface area contributed by atoms with Crippen molar-refractivity contribution < 1.29 is 30.3 Å². The van der Waals surface area contributed by atoms with Crippen molar-refractivity contribution in [2.75, 3.05) is 11.9 Å². The van der Waals surface area contributed by atoms with Gasteiger partial charge in [-0.3, -0.25) is 14.3 Å². The van der Waals surface area contributed by atoms with E-state index in [4.69, 9.17) is 4.74 Å². The quantitative estimate of drug-likeness (QED) is 0.158. The highest BCUT2D eigenvalue weighted by Gasteiger charge is 2.42. The van der Waals surface area contributed by atoms with E-state index < -0.39 is 48.3 Å². The van der Waals surface area contributed by atoms with E-state index in [1.807, 2.05) is 43.3 Å². The summed E-state index contributed by atoms with van der Waals surface area (Å²) in [5, 5.41) is 59.6. The molecule has 1 aliphatic carbocycles. The van der Waals surface area contributed by atoms with Gasteiger partial charge >= 0.3 is 0 Å². The van der Waals surface area contributed by atoms with Crippen molar-refractivity contribution in [3.8, 4) is 0 Å². The van der Waals surface area contributed by atoms with Crippen molar-refractivity contribution in [2.45, 2.75) is 56.1 Å². The minimum Gasteiger partial charge on any atom is -0.394 e. The van der Waals surface area contributed by atoms with Crippen LogP contribution < -0.4 is 10.9 Å². The number of aromatic amines is 1. The number of aliphatic hydroxyl groups is 5. The molecule has 3 heterocycles. The zero-order chi connectivity index (χ0) is 28.6. The summed E-state index contributed by atoms with van der Waals surface area (Å²) in [4.78, 5) is 24.4.